The molecular formula is C21H21ClN2O2. The Morgan fingerprint density at radius 2 is 2.04 bits per heavy atom. The van der Waals surface area contributed by atoms with E-state index in [4.69, 9.17) is 22.8 Å². The van der Waals surface area contributed by atoms with Crippen molar-refractivity contribution in [3.8, 4) is 18.1 Å². The van der Waals surface area contributed by atoms with E-state index in [0.29, 0.717) is 16.1 Å². The number of carbonyl (C=O) groups excluding carboxylic acids is 1. The molecule has 134 valence electrons. The summed E-state index contributed by atoms with van der Waals surface area (Å²) in [6.45, 7) is 1.90. The van der Waals surface area contributed by atoms with E-state index in [0.717, 1.165) is 37.1 Å². The third-order valence-corrected chi connectivity index (χ3v) is 4.89. The summed E-state index contributed by atoms with van der Waals surface area (Å²) in [5, 5.41) is 3.61. The molecule has 0 aliphatic heterocycles. The Kier molecular flexibility index (Phi) is 5.80. The van der Waals surface area contributed by atoms with Crippen molar-refractivity contribution in [3.05, 3.63) is 58.4 Å². The number of aromatic nitrogens is 1. The fourth-order valence-corrected chi connectivity index (χ4v) is 3.30. The minimum atomic E-state index is -0.0708. The van der Waals surface area contributed by atoms with Crippen molar-refractivity contribution in [2.24, 2.45) is 0 Å². The van der Waals surface area contributed by atoms with E-state index >= 15 is 0 Å². The summed E-state index contributed by atoms with van der Waals surface area (Å²) in [6.07, 6.45) is 10.6. The average Bonchev–Trinajstić information content (AvgIpc) is 2.64. The molecule has 1 saturated carbocycles. The number of hydrogen-bond acceptors (Lipinski definition) is 3. The van der Waals surface area contributed by atoms with E-state index < -0.39 is 0 Å². The van der Waals surface area contributed by atoms with Crippen molar-refractivity contribution in [1.82, 2.24) is 10.3 Å². The molecule has 0 spiro atoms. The number of terminal acetylenes is 1. The van der Waals surface area contributed by atoms with Crippen LogP contribution in [0, 0.1) is 19.3 Å². The lowest BCUT2D eigenvalue weighted by atomic mass is 9.92. The van der Waals surface area contributed by atoms with E-state index in [-0.39, 0.29) is 18.1 Å². The van der Waals surface area contributed by atoms with Gasteiger partial charge in [0.2, 0.25) is 0 Å². The summed E-state index contributed by atoms with van der Waals surface area (Å²) in [7, 11) is 0. The summed E-state index contributed by atoms with van der Waals surface area (Å²) in [5.74, 6) is 3.19. The van der Waals surface area contributed by atoms with E-state index in [9.17, 15) is 4.79 Å². The molecular weight excluding hydrogens is 348 g/mol. The number of amides is 1. The van der Waals surface area contributed by atoms with Gasteiger partial charge in [0, 0.05) is 29.6 Å². The first kappa shape index (κ1) is 18.3. The normalized spacial score (nSPS) is 19.4. The number of pyridine rings is 1. The molecule has 1 fully saturated rings. The van der Waals surface area contributed by atoms with Crippen molar-refractivity contribution in [3.63, 3.8) is 0 Å². The van der Waals surface area contributed by atoms with Crippen LogP contribution in [0.15, 0.2) is 36.5 Å². The van der Waals surface area contributed by atoms with Gasteiger partial charge in [-0.05, 0) is 56.9 Å². The molecule has 0 radical (unpaired) electrons. The van der Waals surface area contributed by atoms with Gasteiger partial charge in [0.05, 0.1) is 16.7 Å². The number of nitrogens with one attached hydrogen (secondary N) is 1. The molecule has 5 heteroatoms. The minimum Gasteiger partial charge on any atom is -0.490 e. The van der Waals surface area contributed by atoms with Crippen LogP contribution in [-0.4, -0.2) is 23.0 Å². The van der Waals surface area contributed by atoms with Crippen LogP contribution >= 0.6 is 11.6 Å². The molecule has 1 amide bonds. The Morgan fingerprint density at radius 3 is 2.65 bits per heavy atom. The summed E-state index contributed by atoms with van der Waals surface area (Å²) in [6, 6.07) is 9.20. The van der Waals surface area contributed by atoms with Gasteiger partial charge in [-0.1, -0.05) is 17.5 Å². The van der Waals surface area contributed by atoms with Crippen LogP contribution in [0.2, 0.25) is 5.02 Å². The smallest absolute Gasteiger partial charge is 0.253 e. The van der Waals surface area contributed by atoms with E-state index in [1.54, 1.807) is 24.4 Å². The Labute approximate surface area is 158 Å². The highest BCUT2D eigenvalue weighted by Crippen LogP contribution is 2.27. The standard InChI is InChI=1S/C21H21ClN2O2/c1-3-15-6-9-19(12-20(15)22)26-18-10-7-17(8-11-18)24-21(25)16-5-4-14(2)23-13-16/h1,4-6,9,12-13,17-18H,7-8,10-11H2,2H3,(H,24,25). The van der Waals surface area contributed by atoms with Crippen molar-refractivity contribution < 1.29 is 9.53 Å². The fourth-order valence-electron chi connectivity index (χ4n) is 3.07. The molecule has 26 heavy (non-hydrogen) atoms. The Bertz CT molecular complexity index is 819. The Balaban J connectivity index is 1.49. The number of carbonyl (C=O) groups is 1. The van der Waals surface area contributed by atoms with Gasteiger partial charge in [0.15, 0.2) is 0 Å². The van der Waals surface area contributed by atoms with Gasteiger partial charge in [0.25, 0.3) is 5.91 Å². The maximum absolute atomic E-state index is 12.3. The van der Waals surface area contributed by atoms with Gasteiger partial charge >= 0.3 is 0 Å². The van der Waals surface area contributed by atoms with Crippen LogP contribution < -0.4 is 10.1 Å². The summed E-state index contributed by atoms with van der Waals surface area (Å²) in [4.78, 5) is 16.4. The second kappa shape index (κ2) is 8.25. The summed E-state index contributed by atoms with van der Waals surface area (Å²) < 4.78 is 6.01. The number of halogens is 1. The number of hydrogen-bond donors (Lipinski definition) is 1. The summed E-state index contributed by atoms with van der Waals surface area (Å²) in [5.41, 5.74) is 2.16. The van der Waals surface area contributed by atoms with Crippen molar-refractivity contribution >= 4 is 17.5 Å². The number of rotatable bonds is 4. The molecule has 1 aliphatic carbocycles. The zero-order valence-corrected chi connectivity index (χ0v) is 15.4. The molecule has 1 heterocycles. The van der Waals surface area contributed by atoms with Gasteiger partial charge in [-0.15, -0.1) is 6.42 Å². The van der Waals surface area contributed by atoms with Gasteiger partial charge in [-0.25, -0.2) is 0 Å². The zero-order chi connectivity index (χ0) is 18.5. The molecule has 0 bridgehead atoms. The molecule has 4 nitrogen and oxygen atoms in total. The number of aryl methyl sites for hydroxylation is 1. The maximum atomic E-state index is 12.3. The molecule has 3 rings (SSSR count). The van der Waals surface area contributed by atoms with Crippen LogP contribution in [0.3, 0.4) is 0 Å². The third-order valence-electron chi connectivity index (χ3n) is 4.58. The first-order chi connectivity index (χ1) is 12.5. The Hall–Kier alpha value is -2.51. The lowest BCUT2D eigenvalue weighted by Gasteiger charge is -2.29. The first-order valence-corrected chi connectivity index (χ1v) is 9.09. The van der Waals surface area contributed by atoms with Gasteiger partial charge < -0.3 is 10.1 Å². The van der Waals surface area contributed by atoms with E-state index in [2.05, 4.69) is 16.2 Å². The lowest BCUT2D eigenvalue weighted by Crippen LogP contribution is -2.39. The second-order valence-corrected chi connectivity index (χ2v) is 6.95. The molecule has 2 aromatic rings. The maximum Gasteiger partial charge on any atom is 0.253 e. The molecule has 0 saturated heterocycles. The molecule has 0 unspecified atom stereocenters. The highest BCUT2D eigenvalue weighted by Gasteiger charge is 2.24. The van der Waals surface area contributed by atoms with Gasteiger partial charge in [-0.3, -0.25) is 9.78 Å². The van der Waals surface area contributed by atoms with Crippen LogP contribution in [0.1, 0.15) is 47.3 Å². The zero-order valence-electron chi connectivity index (χ0n) is 14.7. The molecule has 0 atom stereocenters. The average molecular weight is 369 g/mol. The molecule has 1 aromatic carbocycles. The SMILES string of the molecule is C#Cc1ccc(OC2CCC(NC(=O)c3ccc(C)nc3)CC2)cc1Cl. The van der Waals surface area contributed by atoms with Gasteiger partial charge in [0.1, 0.15) is 5.75 Å². The fraction of sp³-hybridized carbons (Fsp3) is 0.333. The topological polar surface area (TPSA) is 51.2 Å². The summed E-state index contributed by atoms with van der Waals surface area (Å²) >= 11 is 6.12. The Morgan fingerprint density at radius 1 is 1.27 bits per heavy atom. The van der Waals surface area contributed by atoms with E-state index in [1.165, 1.54) is 0 Å². The largest absolute Gasteiger partial charge is 0.490 e. The molecule has 1 aromatic heterocycles. The minimum absolute atomic E-state index is 0.0708. The third kappa shape index (κ3) is 4.56. The highest BCUT2D eigenvalue weighted by atomic mass is 35.5. The highest BCUT2D eigenvalue weighted by molar-refractivity contribution is 6.31. The second-order valence-electron chi connectivity index (χ2n) is 6.54. The van der Waals surface area contributed by atoms with E-state index in [1.807, 2.05) is 19.1 Å². The van der Waals surface area contributed by atoms with Gasteiger partial charge in [-0.2, -0.15) is 0 Å². The predicted octanol–water partition coefficient (Wildman–Crippen LogP) is 4.14. The quantitative estimate of drug-likeness (QED) is 0.825. The van der Waals surface area contributed by atoms with Crippen LogP contribution in [0.25, 0.3) is 0 Å². The molecule has 1 aliphatic rings. The van der Waals surface area contributed by atoms with Crippen LogP contribution in [0.5, 0.6) is 5.75 Å². The number of ether oxygens (including phenoxy) is 1. The van der Waals surface area contributed by atoms with Crippen molar-refractivity contribution in [2.75, 3.05) is 0 Å². The predicted molar refractivity (Wildman–Crippen MR) is 102 cm³/mol. The number of nitrogens with zero attached hydrogens (tertiary/aromatic N) is 1. The van der Waals surface area contributed by atoms with Crippen molar-refractivity contribution in [1.29, 1.82) is 0 Å². The number of benzene rings is 1. The van der Waals surface area contributed by atoms with Crippen LogP contribution in [0.4, 0.5) is 0 Å². The van der Waals surface area contributed by atoms with Crippen molar-refractivity contribution in [2.45, 2.75) is 44.8 Å². The first-order valence-electron chi connectivity index (χ1n) is 8.71. The van der Waals surface area contributed by atoms with Crippen LogP contribution in [-0.2, 0) is 0 Å². The molecule has 1 N–H and O–H groups in total. The monoisotopic (exact) mass is 368 g/mol. The lowest BCUT2D eigenvalue weighted by molar-refractivity contribution is 0.0893.